The van der Waals surface area contributed by atoms with Crippen LogP contribution in [0.1, 0.15) is 12.5 Å². The number of carbonyl (C=O) groups is 1. The Labute approximate surface area is 107 Å². The van der Waals surface area contributed by atoms with Crippen LogP contribution in [0.5, 0.6) is 0 Å². The number of nitrogens with one attached hydrogen (secondary N) is 1. The smallest absolute Gasteiger partial charge is 0.239 e. The van der Waals surface area contributed by atoms with Crippen molar-refractivity contribution in [3.8, 4) is 0 Å². The molecule has 18 heavy (non-hydrogen) atoms. The molecular formula is C12H18N2O3S. The fourth-order valence-corrected chi connectivity index (χ4v) is 2.45. The van der Waals surface area contributed by atoms with Gasteiger partial charge in [-0.25, -0.2) is 8.42 Å². The topological polar surface area (TPSA) is 89.3 Å². The third-order valence-corrected chi connectivity index (χ3v) is 3.99. The minimum absolute atomic E-state index is 0.0286. The van der Waals surface area contributed by atoms with Gasteiger partial charge in [-0.15, -0.1) is 0 Å². The Morgan fingerprint density at radius 2 is 1.89 bits per heavy atom. The molecule has 1 rings (SSSR count). The fourth-order valence-electron chi connectivity index (χ4n) is 1.47. The van der Waals surface area contributed by atoms with Crippen LogP contribution in [0.3, 0.4) is 0 Å². The lowest BCUT2D eigenvalue weighted by Gasteiger charge is -2.06. The summed E-state index contributed by atoms with van der Waals surface area (Å²) in [5.41, 5.74) is 6.92. The maximum absolute atomic E-state index is 11.5. The van der Waals surface area contributed by atoms with E-state index < -0.39 is 21.5 Å². The quantitative estimate of drug-likeness (QED) is 0.790. The van der Waals surface area contributed by atoms with Gasteiger partial charge in [0.25, 0.3) is 0 Å². The van der Waals surface area contributed by atoms with Crippen LogP contribution in [0.15, 0.2) is 24.3 Å². The number of nitrogens with two attached hydrogens (primary N) is 1. The van der Waals surface area contributed by atoms with E-state index in [1.165, 1.54) is 0 Å². The van der Waals surface area contributed by atoms with Gasteiger partial charge in [0.15, 0.2) is 9.84 Å². The van der Waals surface area contributed by atoms with Gasteiger partial charge in [0.05, 0.1) is 5.75 Å². The van der Waals surface area contributed by atoms with E-state index in [0.717, 1.165) is 12.0 Å². The normalized spacial score (nSPS) is 11.2. The molecule has 100 valence electrons. The van der Waals surface area contributed by atoms with Crippen LogP contribution >= 0.6 is 0 Å². The number of aryl methyl sites for hydroxylation is 1. The molecule has 0 unspecified atom stereocenters. The maximum atomic E-state index is 11.5. The third-order valence-electron chi connectivity index (χ3n) is 2.43. The molecule has 1 aromatic carbocycles. The first-order valence-electron chi connectivity index (χ1n) is 5.76. The zero-order valence-electron chi connectivity index (χ0n) is 10.3. The summed E-state index contributed by atoms with van der Waals surface area (Å²) in [6, 6.07) is 7.30. The van der Waals surface area contributed by atoms with Crippen molar-refractivity contribution < 1.29 is 13.2 Å². The van der Waals surface area contributed by atoms with Crippen molar-refractivity contribution in [1.29, 1.82) is 0 Å². The number of rotatable bonds is 6. The van der Waals surface area contributed by atoms with Gasteiger partial charge in [0.1, 0.15) is 5.75 Å². The van der Waals surface area contributed by atoms with E-state index in [2.05, 4.69) is 5.32 Å². The summed E-state index contributed by atoms with van der Waals surface area (Å²) in [7, 11) is -3.40. The average Bonchev–Trinajstić information content (AvgIpc) is 2.28. The highest BCUT2D eigenvalue weighted by atomic mass is 32.2. The summed E-state index contributed by atoms with van der Waals surface area (Å²) < 4.78 is 22.8. The molecule has 0 bridgehead atoms. The average molecular weight is 270 g/mol. The molecule has 1 aromatic rings. The second-order valence-corrected chi connectivity index (χ2v) is 6.16. The Kier molecular flexibility index (Phi) is 5.30. The molecule has 0 saturated heterocycles. The second-order valence-electron chi connectivity index (χ2n) is 3.98. The molecule has 0 heterocycles. The van der Waals surface area contributed by atoms with Gasteiger partial charge in [-0.1, -0.05) is 19.1 Å². The highest BCUT2D eigenvalue weighted by molar-refractivity contribution is 7.92. The second kappa shape index (κ2) is 6.51. The molecule has 0 aliphatic heterocycles. The predicted molar refractivity (Wildman–Crippen MR) is 72.2 cm³/mol. The summed E-state index contributed by atoms with van der Waals surface area (Å²) >= 11 is 0. The minimum Gasteiger partial charge on any atom is -0.329 e. The molecule has 6 heteroatoms. The number of sulfone groups is 1. The Hall–Kier alpha value is -1.40. The summed E-state index contributed by atoms with van der Waals surface area (Å²) in [5.74, 6) is -1.23. The Morgan fingerprint density at radius 1 is 1.28 bits per heavy atom. The molecule has 0 aromatic heterocycles. The monoisotopic (exact) mass is 270 g/mol. The van der Waals surface area contributed by atoms with E-state index in [4.69, 9.17) is 5.73 Å². The van der Waals surface area contributed by atoms with Crippen molar-refractivity contribution in [2.75, 3.05) is 23.4 Å². The first kappa shape index (κ1) is 14.7. The van der Waals surface area contributed by atoms with Crippen LogP contribution in [0.2, 0.25) is 0 Å². The zero-order chi connectivity index (χ0) is 13.6. The van der Waals surface area contributed by atoms with Crippen LogP contribution in [0.25, 0.3) is 0 Å². The van der Waals surface area contributed by atoms with Gasteiger partial charge in [-0.3, -0.25) is 4.79 Å². The zero-order valence-corrected chi connectivity index (χ0v) is 11.2. The molecule has 0 aliphatic carbocycles. The van der Waals surface area contributed by atoms with E-state index in [1.807, 2.05) is 19.1 Å². The first-order valence-corrected chi connectivity index (χ1v) is 7.58. The van der Waals surface area contributed by atoms with Crippen molar-refractivity contribution in [3.05, 3.63) is 29.8 Å². The van der Waals surface area contributed by atoms with Crippen molar-refractivity contribution in [2.24, 2.45) is 5.73 Å². The third kappa shape index (κ3) is 4.85. The van der Waals surface area contributed by atoms with Gasteiger partial charge >= 0.3 is 0 Å². The summed E-state index contributed by atoms with van der Waals surface area (Å²) in [5, 5.41) is 2.55. The highest BCUT2D eigenvalue weighted by Gasteiger charge is 2.15. The molecule has 3 N–H and O–H groups in total. The van der Waals surface area contributed by atoms with Crippen LogP contribution in [-0.4, -0.2) is 32.4 Å². The number of amides is 1. The van der Waals surface area contributed by atoms with Crippen molar-refractivity contribution >= 4 is 21.4 Å². The standard InChI is InChI=1S/C12H18N2O3S/c1-2-10-3-5-11(6-4-10)14-12(15)9-18(16,17)8-7-13/h3-6H,2,7-9,13H2,1H3,(H,14,15). The van der Waals surface area contributed by atoms with Gasteiger partial charge in [0, 0.05) is 12.2 Å². The van der Waals surface area contributed by atoms with Gasteiger partial charge < -0.3 is 11.1 Å². The minimum atomic E-state index is -3.40. The Morgan fingerprint density at radius 3 is 2.39 bits per heavy atom. The lowest BCUT2D eigenvalue weighted by atomic mass is 10.1. The molecule has 0 radical (unpaired) electrons. The number of carbonyl (C=O) groups excluding carboxylic acids is 1. The molecule has 5 nitrogen and oxygen atoms in total. The van der Waals surface area contributed by atoms with Crippen LogP contribution in [0, 0.1) is 0 Å². The summed E-state index contributed by atoms with van der Waals surface area (Å²) in [6.45, 7) is 2.06. The lowest BCUT2D eigenvalue weighted by molar-refractivity contribution is -0.113. The fraction of sp³-hybridized carbons (Fsp3) is 0.417. The van der Waals surface area contributed by atoms with E-state index >= 15 is 0 Å². The highest BCUT2D eigenvalue weighted by Crippen LogP contribution is 2.10. The van der Waals surface area contributed by atoms with Crippen molar-refractivity contribution in [3.63, 3.8) is 0 Å². The number of hydrogen-bond donors (Lipinski definition) is 2. The van der Waals surface area contributed by atoms with E-state index in [1.54, 1.807) is 12.1 Å². The van der Waals surface area contributed by atoms with E-state index in [-0.39, 0.29) is 12.3 Å². The van der Waals surface area contributed by atoms with Crippen molar-refractivity contribution in [1.82, 2.24) is 0 Å². The Balaban J connectivity index is 2.59. The number of hydrogen-bond acceptors (Lipinski definition) is 4. The lowest BCUT2D eigenvalue weighted by Crippen LogP contribution is -2.27. The first-order chi connectivity index (χ1) is 8.46. The molecular weight excluding hydrogens is 252 g/mol. The number of benzene rings is 1. The Bertz CT molecular complexity index is 495. The number of anilines is 1. The molecule has 0 aliphatic rings. The van der Waals surface area contributed by atoms with Gasteiger partial charge in [0.2, 0.25) is 5.91 Å². The largest absolute Gasteiger partial charge is 0.329 e. The maximum Gasteiger partial charge on any atom is 0.239 e. The van der Waals surface area contributed by atoms with Crippen molar-refractivity contribution in [2.45, 2.75) is 13.3 Å². The molecule has 0 spiro atoms. The molecule has 1 amide bonds. The molecule has 0 atom stereocenters. The van der Waals surface area contributed by atoms with Crippen LogP contribution in [0.4, 0.5) is 5.69 Å². The van der Waals surface area contributed by atoms with E-state index in [9.17, 15) is 13.2 Å². The summed E-state index contributed by atoms with van der Waals surface area (Å²) in [4.78, 5) is 11.5. The molecule has 0 fully saturated rings. The van der Waals surface area contributed by atoms with Gasteiger partial charge in [-0.2, -0.15) is 0 Å². The van der Waals surface area contributed by atoms with E-state index in [0.29, 0.717) is 5.69 Å². The molecule has 0 saturated carbocycles. The summed E-state index contributed by atoms with van der Waals surface area (Å²) in [6.07, 6.45) is 0.916. The SMILES string of the molecule is CCc1ccc(NC(=O)CS(=O)(=O)CCN)cc1. The van der Waals surface area contributed by atoms with Crippen LogP contribution < -0.4 is 11.1 Å². The van der Waals surface area contributed by atoms with Gasteiger partial charge in [-0.05, 0) is 24.1 Å². The predicted octanol–water partition coefficient (Wildman–Crippen LogP) is 0.561. The van der Waals surface area contributed by atoms with Crippen LogP contribution in [-0.2, 0) is 21.1 Å².